The highest BCUT2D eigenvalue weighted by Crippen LogP contribution is 2.37. The molecule has 0 aliphatic carbocycles. The van der Waals surface area contributed by atoms with Gasteiger partial charge in [0.25, 0.3) is 17.5 Å². The normalized spacial score (nSPS) is 11.7. The van der Waals surface area contributed by atoms with E-state index in [4.69, 9.17) is 11.6 Å². The van der Waals surface area contributed by atoms with E-state index < -0.39 is 22.0 Å². The van der Waals surface area contributed by atoms with Crippen molar-refractivity contribution in [3.8, 4) is 0 Å². The van der Waals surface area contributed by atoms with Crippen molar-refractivity contribution in [1.29, 1.82) is 0 Å². The Balaban J connectivity index is 1.33. The number of rotatable bonds is 11. The van der Waals surface area contributed by atoms with Crippen molar-refractivity contribution >= 4 is 64.2 Å². The summed E-state index contributed by atoms with van der Waals surface area (Å²) in [5.74, 6) is -1.31. The Bertz CT molecular complexity index is 1990. The van der Waals surface area contributed by atoms with Gasteiger partial charge in [-0.25, -0.2) is 0 Å². The highest BCUT2D eigenvalue weighted by molar-refractivity contribution is 8.00. The van der Waals surface area contributed by atoms with Crippen LogP contribution in [0.5, 0.6) is 0 Å². The molecule has 5 rings (SSSR count). The van der Waals surface area contributed by atoms with E-state index in [2.05, 4.69) is 16.0 Å². The first-order valence-electron chi connectivity index (χ1n) is 14.7. The third-order valence-electron chi connectivity index (χ3n) is 7.12. The van der Waals surface area contributed by atoms with Crippen LogP contribution in [-0.2, 0) is 9.59 Å². The van der Waals surface area contributed by atoms with Gasteiger partial charge in [-0.1, -0.05) is 78.3 Å². The van der Waals surface area contributed by atoms with E-state index in [1.165, 1.54) is 36.0 Å². The second-order valence-corrected chi connectivity index (χ2v) is 12.1. The standard InChI is InChI=1S/C37H29ClN4O5S/c1-24-22-29(42(46)47)18-21-32(24)40-37(45)34(25-10-4-2-5-11-25)48-30-19-16-28(17-20-30)39-36(44)33(23-27-14-8-9-15-31(27)38)41-35(43)26-12-6-3-7-13-26/h2-23,34H,1H3,(H,39,44)(H,40,45)(H,41,43)/b33-23-. The lowest BCUT2D eigenvalue weighted by Gasteiger charge is -2.18. The van der Waals surface area contributed by atoms with Crippen molar-refractivity contribution in [2.45, 2.75) is 17.1 Å². The summed E-state index contributed by atoms with van der Waals surface area (Å²) in [6, 6.07) is 36.0. The van der Waals surface area contributed by atoms with Crippen LogP contribution < -0.4 is 16.0 Å². The maximum Gasteiger partial charge on any atom is 0.272 e. The fourth-order valence-electron chi connectivity index (χ4n) is 4.64. The molecule has 0 aromatic heterocycles. The minimum absolute atomic E-state index is 0.00208. The van der Waals surface area contributed by atoms with Gasteiger partial charge in [0, 0.05) is 39.0 Å². The van der Waals surface area contributed by atoms with E-state index in [9.17, 15) is 24.5 Å². The maximum atomic E-state index is 13.6. The molecule has 0 saturated heterocycles. The van der Waals surface area contributed by atoms with E-state index in [-0.39, 0.29) is 17.3 Å². The van der Waals surface area contributed by atoms with E-state index in [0.717, 1.165) is 10.5 Å². The predicted octanol–water partition coefficient (Wildman–Crippen LogP) is 8.44. The number of nitro groups is 1. The van der Waals surface area contributed by atoms with Crippen molar-refractivity contribution in [1.82, 2.24) is 5.32 Å². The average Bonchev–Trinajstić information content (AvgIpc) is 3.10. The van der Waals surface area contributed by atoms with Crippen molar-refractivity contribution in [3.63, 3.8) is 0 Å². The van der Waals surface area contributed by atoms with Gasteiger partial charge in [-0.2, -0.15) is 0 Å². The Morgan fingerprint density at radius 1 is 0.812 bits per heavy atom. The van der Waals surface area contributed by atoms with Gasteiger partial charge >= 0.3 is 0 Å². The predicted molar refractivity (Wildman–Crippen MR) is 190 cm³/mol. The minimum atomic E-state index is -0.653. The second-order valence-electron chi connectivity index (χ2n) is 10.5. The highest BCUT2D eigenvalue weighted by atomic mass is 35.5. The molecule has 0 fully saturated rings. The van der Waals surface area contributed by atoms with Gasteiger partial charge in [0.2, 0.25) is 5.91 Å². The molecular weight excluding hydrogens is 648 g/mol. The van der Waals surface area contributed by atoms with Gasteiger partial charge in [0.05, 0.1) is 4.92 Å². The van der Waals surface area contributed by atoms with Crippen LogP contribution in [0.3, 0.4) is 0 Å². The van der Waals surface area contributed by atoms with E-state index in [0.29, 0.717) is 33.1 Å². The summed E-state index contributed by atoms with van der Waals surface area (Å²) in [5, 5.41) is 19.3. The van der Waals surface area contributed by atoms with E-state index in [1.807, 2.05) is 30.3 Å². The van der Waals surface area contributed by atoms with Crippen LogP contribution in [0, 0.1) is 17.0 Å². The van der Waals surface area contributed by atoms with Crippen LogP contribution in [-0.4, -0.2) is 22.6 Å². The van der Waals surface area contributed by atoms with Gasteiger partial charge in [-0.3, -0.25) is 24.5 Å². The number of amides is 3. The molecule has 0 bridgehead atoms. The number of halogens is 1. The number of carbonyl (C=O) groups is 3. The molecular formula is C37H29ClN4O5S. The zero-order valence-corrected chi connectivity index (χ0v) is 27.1. The largest absolute Gasteiger partial charge is 0.325 e. The van der Waals surface area contributed by atoms with Gasteiger partial charge in [0.1, 0.15) is 10.9 Å². The Labute approximate surface area is 286 Å². The van der Waals surface area contributed by atoms with Crippen LogP contribution in [0.4, 0.5) is 17.1 Å². The number of thioether (sulfide) groups is 1. The summed E-state index contributed by atoms with van der Waals surface area (Å²) >= 11 is 7.65. The quantitative estimate of drug-likeness (QED) is 0.0557. The van der Waals surface area contributed by atoms with Gasteiger partial charge in [0.15, 0.2) is 0 Å². The molecule has 9 nitrogen and oxygen atoms in total. The van der Waals surface area contributed by atoms with Crippen LogP contribution >= 0.6 is 23.4 Å². The topological polar surface area (TPSA) is 130 Å². The molecule has 1 atom stereocenters. The summed E-state index contributed by atoms with van der Waals surface area (Å²) in [7, 11) is 0. The monoisotopic (exact) mass is 676 g/mol. The molecule has 1 unspecified atom stereocenters. The summed E-state index contributed by atoms with van der Waals surface area (Å²) in [4.78, 5) is 51.4. The molecule has 48 heavy (non-hydrogen) atoms. The molecule has 0 radical (unpaired) electrons. The molecule has 0 saturated carbocycles. The summed E-state index contributed by atoms with van der Waals surface area (Å²) in [6.45, 7) is 1.70. The van der Waals surface area contributed by atoms with Crippen molar-refractivity contribution in [3.05, 3.63) is 170 Å². The number of carbonyl (C=O) groups excluding carboxylic acids is 3. The number of benzene rings is 5. The number of hydrogen-bond acceptors (Lipinski definition) is 6. The zero-order chi connectivity index (χ0) is 34.0. The van der Waals surface area contributed by atoms with Crippen LogP contribution in [0.25, 0.3) is 6.08 Å². The summed E-state index contributed by atoms with van der Waals surface area (Å²) < 4.78 is 0. The number of nitrogens with one attached hydrogen (secondary N) is 3. The lowest BCUT2D eigenvalue weighted by Crippen LogP contribution is -2.30. The molecule has 0 heterocycles. The van der Waals surface area contributed by atoms with Crippen LogP contribution in [0.1, 0.15) is 32.3 Å². The lowest BCUT2D eigenvalue weighted by molar-refractivity contribution is -0.384. The van der Waals surface area contributed by atoms with Gasteiger partial charge in [-0.05, 0) is 78.2 Å². The third kappa shape index (κ3) is 8.75. The highest BCUT2D eigenvalue weighted by Gasteiger charge is 2.23. The maximum absolute atomic E-state index is 13.6. The number of nitro benzene ring substituents is 1. The number of hydrogen-bond donors (Lipinski definition) is 3. The Morgan fingerprint density at radius 3 is 2.10 bits per heavy atom. The SMILES string of the molecule is Cc1cc([N+](=O)[O-])ccc1NC(=O)C(Sc1ccc(NC(=O)/C(=C/c2ccccc2Cl)NC(=O)c2ccccc2)cc1)c1ccccc1. The zero-order valence-electron chi connectivity index (χ0n) is 25.6. The summed E-state index contributed by atoms with van der Waals surface area (Å²) in [5.41, 5.74) is 3.15. The third-order valence-corrected chi connectivity index (χ3v) is 8.73. The molecule has 0 aliphatic rings. The number of aryl methyl sites for hydroxylation is 1. The molecule has 0 spiro atoms. The molecule has 0 aliphatic heterocycles. The second kappa shape index (κ2) is 15.7. The number of anilines is 2. The minimum Gasteiger partial charge on any atom is -0.325 e. The molecule has 3 amide bonds. The smallest absolute Gasteiger partial charge is 0.272 e. The van der Waals surface area contributed by atoms with E-state index >= 15 is 0 Å². The fourth-order valence-corrected chi connectivity index (χ4v) is 5.86. The first-order chi connectivity index (χ1) is 23.2. The fraction of sp³-hybridized carbons (Fsp3) is 0.0541. The average molecular weight is 677 g/mol. The Hall–Kier alpha value is -5.71. The molecule has 240 valence electrons. The molecule has 11 heteroatoms. The molecule has 5 aromatic rings. The van der Waals surface area contributed by atoms with Crippen LogP contribution in [0.2, 0.25) is 5.02 Å². The Morgan fingerprint density at radius 2 is 1.46 bits per heavy atom. The molecule has 5 aromatic carbocycles. The van der Waals surface area contributed by atoms with Crippen molar-refractivity contribution in [2.24, 2.45) is 0 Å². The van der Waals surface area contributed by atoms with Gasteiger partial charge in [-0.15, -0.1) is 11.8 Å². The van der Waals surface area contributed by atoms with Gasteiger partial charge < -0.3 is 16.0 Å². The van der Waals surface area contributed by atoms with Crippen molar-refractivity contribution in [2.75, 3.05) is 10.6 Å². The molecule has 3 N–H and O–H groups in total. The first-order valence-corrected chi connectivity index (χ1v) is 16.0. The van der Waals surface area contributed by atoms with E-state index in [1.54, 1.807) is 85.8 Å². The first kappa shape index (κ1) is 33.6. The van der Waals surface area contributed by atoms with Crippen molar-refractivity contribution < 1.29 is 19.3 Å². The van der Waals surface area contributed by atoms with Crippen LogP contribution in [0.15, 0.2) is 138 Å². The number of nitrogens with zero attached hydrogens (tertiary/aromatic N) is 1. The Kier molecular flexibility index (Phi) is 11.0. The lowest BCUT2D eigenvalue weighted by atomic mass is 10.1. The number of non-ortho nitro benzene ring substituents is 1. The summed E-state index contributed by atoms with van der Waals surface area (Å²) in [6.07, 6.45) is 1.51.